The molecule has 0 fully saturated rings. The fourth-order valence-corrected chi connectivity index (χ4v) is 2.69. The summed E-state index contributed by atoms with van der Waals surface area (Å²) in [4.78, 5) is 24.9. The Balaban J connectivity index is 1.80. The van der Waals surface area contributed by atoms with Gasteiger partial charge in [0.1, 0.15) is 0 Å². The van der Waals surface area contributed by atoms with Crippen molar-refractivity contribution < 1.29 is 14.5 Å². The van der Waals surface area contributed by atoms with Gasteiger partial charge >= 0.3 is 0 Å². The second kappa shape index (κ2) is 9.93. The molecule has 0 aliphatic rings. The number of carbonyl (C=O) groups is 2. The number of hydrogen-bond donors (Lipinski definition) is 3. The molecule has 3 N–H and O–H groups in total. The van der Waals surface area contributed by atoms with Gasteiger partial charge in [0, 0.05) is 11.4 Å². The summed E-state index contributed by atoms with van der Waals surface area (Å²) < 4.78 is 0. The van der Waals surface area contributed by atoms with Crippen molar-refractivity contribution in [2.45, 2.75) is 6.42 Å². The summed E-state index contributed by atoms with van der Waals surface area (Å²) in [6.07, 6.45) is 0.328. The number of benzene rings is 2. The predicted octanol–water partition coefficient (Wildman–Crippen LogP) is 2.15. The van der Waals surface area contributed by atoms with Gasteiger partial charge in [0.2, 0.25) is 0 Å². The number of rotatable bonds is 7. The van der Waals surface area contributed by atoms with Crippen LogP contribution in [0.5, 0.6) is 0 Å². The van der Waals surface area contributed by atoms with Crippen LogP contribution in [-0.4, -0.2) is 32.0 Å². The van der Waals surface area contributed by atoms with Gasteiger partial charge < -0.3 is 15.5 Å². The highest BCUT2D eigenvalue weighted by atomic mass is 35.5. The largest absolute Gasteiger partial charge is 0.322 e. The van der Waals surface area contributed by atoms with Crippen LogP contribution in [-0.2, 0) is 16.0 Å². The fourth-order valence-electron chi connectivity index (χ4n) is 2.39. The number of hydrogen-bond acceptors (Lipinski definition) is 3. The number of nitrogens with zero attached hydrogens (tertiary/aromatic N) is 1. The second-order valence-electron chi connectivity index (χ2n) is 6.07. The molecule has 140 valence electrons. The lowest BCUT2D eigenvalue weighted by molar-refractivity contribution is -0.862. The molecule has 27 heavy (non-hydrogen) atoms. The quantitative estimate of drug-likeness (QED) is 0.659. The Hall–Kier alpha value is -2.59. The van der Waals surface area contributed by atoms with Crippen LogP contribution in [0.1, 0.15) is 5.56 Å². The number of nitriles is 1. The maximum atomic E-state index is 12.1. The van der Waals surface area contributed by atoms with Crippen molar-refractivity contribution in [3.05, 3.63) is 58.1 Å². The van der Waals surface area contributed by atoms with Crippen molar-refractivity contribution in [2.75, 3.05) is 30.8 Å². The molecule has 0 saturated heterocycles. The molecule has 0 saturated carbocycles. The van der Waals surface area contributed by atoms with Crippen LogP contribution in [0.15, 0.2) is 42.5 Å². The Morgan fingerprint density at radius 2 is 1.52 bits per heavy atom. The molecule has 2 aromatic carbocycles. The van der Waals surface area contributed by atoms with Gasteiger partial charge in [-0.25, -0.2) is 0 Å². The molecule has 0 radical (unpaired) electrons. The Labute approximate surface area is 167 Å². The van der Waals surface area contributed by atoms with E-state index in [9.17, 15) is 9.59 Å². The SMILES string of the molecule is C[NH+](CC(=O)Nc1ccc(CC#N)cc1)CC(=O)Nc1ccc(Cl)c(Cl)c1. The number of halogens is 2. The minimum Gasteiger partial charge on any atom is -0.322 e. The molecule has 6 nitrogen and oxygen atoms in total. The molecule has 0 aliphatic carbocycles. The molecule has 0 aromatic heterocycles. The van der Waals surface area contributed by atoms with E-state index in [2.05, 4.69) is 16.7 Å². The maximum Gasteiger partial charge on any atom is 0.279 e. The van der Waals surface area contributed by atoms with Crippen LogP contribution in [0.25, 0.3) is 0 Å². The van der Waals surface area contributed by atoms with E-state index in [1.807, 2.05) is 0 Å². The molecule has 1 atom stereocenters. The highest BCUT2D eigenvalue weighted by molar-refractivity contribution is 6.42. The topological polar surface area (TPSA) is 86.4 Å². The summed E-state index contributed by atoms with van der Waals surface area (Å²) >= 11 is 11.8. The van der Waals surface area contributed by atoms with E-state index in [4.69, 9.17) is 28.5 Å². The number of nitrogens with one attached hydrogen (secondary N) is 3. The number of carbonyl (C=O) groups excluding carboxylic acids is 2. The second-order valence-corrected chi connectivity index (χ2v) is 6.88. The first-order valence-corrected chi connectivity index (χ1v) is 8.95. The summed E-state index contributed by atoms with van der Waals surface area (Å²) in [6, 6.07) is 14.0. The molecule has 0 bridgehead atoms. The van der Waals surface area contributed by atoms with Gasteiger partial charge in [-0.3, -0.25) is 9.59 Å². The standard InChI is InChI=1S/C19H18Cl2N4O2/c1-25(12-19(27)24-15-6-7-16(20)17(21)10-15)11-18(26)23-14-4-2-13(3-5-14)8-9-22/h2-7,10H,8,11-12H2,1H3,(H,23,26)(H,24,27)/p+1. The fraction of sp³-hybridized carbons (Fsp3) is 0.211. The molecule has 0 heterocycles. The van der Waals surface area contributed by atoms with Crippen molar-refractivity contribution in [2.24, 2.45) is 0 Å². The zero-order valence-corrected chi connectivity index (χ0v) is 16.2. The van der Waals surface area contributed by atoms with E-state index in [0.717, 1.165) is 10.5 Å². The normalized spacial score (nSPS) is 11.3. The van der Waals surface area contributed by atoms with Crippen LogP contribution in [0.4, 0.5) is 11.4 Å². The zero-order valence-electron chi connectivity index (χ0n) is 14.7. The lowest BCUT2D eigenvalue weighted by Gasteiger charge is -2.14. The summed E-state index contributed by atoms with van der Waals surface area (Å²) in [7, 11) is 1.75. The van der Waals surface area contributed by atoms with Crippen LogP contribution in [0, 0.1) is 11.3 Å². The summed E-state index contributed by atoms with van der Waals surface area (Å²) in [6.45, 7) is 0.253. The van der Waals surface area contributed by atoms with Gasteiger partial charge in [-0.15, -0.1) is 0 Å². The molecular formula is C19H19Cl2N4O2+. The van der Waals surface area contributed by atoms with Gasteiger partial charge in [-0.05, 0) is 35.9 Å². The van der Waals surface area contributed by atoms with E-state index in [1.165, 1.54) is 0 Å². The van der Waals surface area contributed by atoms with Crippen molar-refractivity contribution >= 4 is 46.4 Å². The van der Waals surface area contributed by atoms with E-state index in [1.54, 1.807) is 49.5 Å². The minimum atomic E-state index is -0.237. The van der Waals surface area contributed by atoms with Crippen LogP contribution >= 0.6 is 23.2 Å². The third-order valence-corrected chi connectivity index (χ3v) is 4.39. The van der Waals surface area contributed by atoms with Gasteiger partial charge in [0.15, 0.2) is 13.1 Å². The molecular weight excluding hydrogens is 387 g/mol. The monoisotopic (exact) mass is 405 g/mol. The molecule has 0 spiro atoms. The molecule has 1 unspecified atom stereocenters. The summed E-state index contributed by atoms with van der Waals surface area (Å²) in [5.41, 5.74) is 2.08. The number of amides is 2. The van der Waals surface area contributed by atoms with Gasteiger partial charge in [0.25, 0.3) is 11.8 Å². The predicted molar refractivity (Wildman–Crippen MR) is 106 cm³/mol. The van der Waals surface area contributed by atoms with Crippen molar-refractivity contribution in [1.29, 1.82) is 5.26 Å². The third-order valence-electron chi connectivity index (χ3n) is 3.65. The van der Waals surface area contributed by atoms with Gasteiger partial charge in [-0.2, -0.15) is 5.26 Å². The highest BCUT2D eigenvalue weighted by Gasteiger charge is 2.15. The molecule has 2 amide bonds. The Morgan fingerprint density at radius 1 is 0.963 bits per heavy atom. The number of anilines is 2. The summed E-state index contributed by atoms with van der Waals surface area (Å²) in [5, 5.41) is 14.9. The van der Waals surface area contributed by atoms with Crippen molar-refractivity contribution in [1.82, 2.24) is 0 Å². The third kappa shape index (κ3) is 6.91. The average molecular weight is 406 g/mol. The Bertz CT molecular complexity index is 863. The first kappa shape index (κ1) is 20.7. The molecule has 2 aromatic rings. The van der Waals surface area contributed by atoms with E-state index in [0.29, 0.717) is 27.8 Å². The van der Waals surface area contributed by atoms with E-state index >= 15 is 0 Å². The highest BCUT2D eigenvalue weighted by Crippen LogP contribution is 2.24. The molecule has 8 heteroatoms. The molecule has 0 aliphatic heterocycles. The van der Waals surface area contributed by atoms with Gasteiger partial charge in [-0.1, -0.05) is 35.3 Å². The van der Waals surface area contributed by atoms with Crippen molar-refractivity contribution in [3.63, 3.8) is 0 Å². The lowest BCUT2D eigenvalue weighted by Crippen LogP contribution is -3.11. The first-order chi connectivity index (χ1) is 12.9. The van der Waals surface area contributed by atoms with Crippen molar-refractivity contribution in [3.8, 4) is 6.07 Å². The average Bonchev–Trinajstić information content (AvgIpc) is 2.59. The number of likely N-dealkylation sites (N-methyl/N-ethyl adjacent to an activating group) is 1. The van der Waals surface area contributed by atoms with Crippen LogP contribution in [0.2, 0.25) is 10.0 Å². The van der Waals surface area contributed by atoms with E-state index in [-0.39, 0.29) is 24.9 Å². The zero-order chi connectivity index (χ0) is 19.8. The van der Waals surface area contributed by atoms with Crippen LogP contribution in [0.3, 0.4) is 0 Å². The maximum absolute atomic E-state index is 12.1. The molecule has 2 rings (SSSR count). The van der Waals surface area contributed by atoms with Crippen LogP contribution < -0.4 is 15.5 Å². The lowest BCUT2D eigenvalue weighted by atomic mass is 10.1. The summed E-state index contributed by atoms with van der Waals surface area (Å²) in [5.74, 6) is -0.442. The Kier molecular flexibility index (Phi) is 7.62. The first-order valence-electron chi connectivity index (χ1n) is 8.19. The van der Waals surface area contributed by atoms with Gasteiger partial charge in [0.05, 0.1) is 29.6 Å². The Morgan fingerprint density at radius 3 is 2.07 bits per heavy atom. The smallest absolute Gasteiger partial charge is 0.279 e. The number of quaternary nitrogens is 1. The van der Waals surface area contributed by atoms with E-state index < -0.39 is 0 Å². The minimum absolute atomic E-state index is 0.120.